The molecule has 1 aromatic heterocycles. The average molecular weight is 247 g/mol. The van der Waals surface area contributed by atoms with Crippen LogP contribution in [0.25, 0.3) is 0 Å². The fourth-order valence-electron chi connectivity index (χ4n) is 2.21. The van der Waals surface area contributed by atoms with Gasteiger partial charge in [-0.05, 0) is 50.4 Å². The van der Waals surface area contributed by atoms with Crippen LogP contribution < -0.4 is 5.32 Å². The Hall–Kier alpha value is -1.42. The number of hydrogen-bond acceptors (Lipinski definition) is 3. The number of carbonyl (C=O) groups excluding carboxylic acids is 1. The van der Waals surface area contributed by atoms with Gasteiger partial charge in [0.25, 0.3) is 0 Å². The van der Waals surface area contributed by atoms with Crippen LogP contribution in [0.5, 0.6) is 0 Å². The molecule has 98 valence electrons. The molecule has 0 bridgehead atoms. The highest BCUT2D eigenvalue weighted by molar-refractivity contribution is 5.92. The second-order valence-corrected chi connectivity index (χ2v) is 5.20. The molecule has 4 nitrogen and oxygen atoms in total. The van der Waals surface area contributed by atoms with Crippen LogP contribution in [0.4, 0.5) is 5.69 Å². The van der Waals surface area contributed by atoms with Crippen molar-refractivity contribution < 1.29 is 4.79 Å². The van der Waals surface area contributed by atoms with Crippen molar-refractivity contribution in [3.63, 3.8) is 0 Å². The van der Waals surface area contributed by atoms with Gasteiger partial charge in [0.1, 0.15) is 0 Å². The molecule has 1 amide bonds. The summed E-state index contributed by atoms with van der Waals surface area (Å²) in [5.41, 5.74) is 1.86. The lowest BCUT2D eigenvalue weighted by molar-refractivity contribution is -0.117. The Morgan fingerprint density at radius 2 is 2.22 bits per heavy atom. The normalized spacial score (nSPS) is 17.7. The number of aryl methyl sites for hydroxylation is 1. The van der Waals surface area contributed by atoms with Gasteiger partial charge in [-0.3, -0.25) is 14.7 Å². The number of rotatable bonds is 3. The third kappa shape index (κ3) is 3.53. The van der Waals surface area contributed by atoms with E-state index in [-0.39, 0.29) is 5.91 Å². The van der Waals surface area contributed by atoms with Gasteiger partial charge in [0.2, 0.25) is 5.91 Å². The number of hydrogen-bond donors (Lipinski definition) is 1. The molecular formula is C14H21N3O. The molecule has 1 N–H and O–H groups in total. The number of nitrogens with zero attached hydrogens (tertiary/aromatic N) is 2. The van der Waals surface area contributed by atoms with E-state index in [0.717, 1.165) is 30.3 Å². The van der Waals surface area contributed by atoms with E-state index < -0.39 is 0 Å². The largest absolute Gasteiger partial charge is 0.323 e. The molecule has 0 atom stereocenters. The van der Waals surface area contributed by atoms with Crippen LogP contribution in [-0.4, -0.2) is 35.4 Å². The molecular weight excluding hydrogens is 226 g/mol. The number of anilines is 1. The van der Waals surface area contributed by atoms with Crippen LogP contribution in [0.3, 0.4) is 0 Å². The molecule has 0 saturated carbocycles. The number of likely N-dealkylation sites (tertiary alicyclic amines) is 1. The van der Waals surface area contributed by atoms with Crippen molar-refractivity contribution >= 4 is 11.6 Å². The van der Waals surface area contributed by atoms with E-state index in [0.29, 0.717) is 6.54 Å². The molecule has 0 spiro atoms. The lowest BCUT2D eigenvalue weighted by Crippen LogP contribution is -2.38. The lowest BCUT2D eigenvalue weighted by Gasteiger charge is -2.29. The summed E-state index contributed by atoms with van der Waals surface area (Å²) in [5, 5.41) is 2.93. The van der Waals surface area contributed by atoms with E-state index in [2.05, 4.69) is 22.1 Å². The van der Waals surface area contributed by atoms with Crippen LogP contribution in [0.2, 0.25) is 0 Å². The number of aromatic nitrogens is 1. The molecule has 0 aliphatic carbocycles. The predicted octanol–water partition coefficient (Wildman–Crippen LogP) is 2.06. The minimum Gasteiger partial charge on any atom is -0.323 e. The maximum absolute atomic E-state index is 11.9. The summed E-state index contributed by atoms with van der Waals surface area (Å²) in [6.07, 6.45) is 5.82. The fraction of sp³-hybridized carbons (Fsp3) is 0.571. The first-order chi connectivity index (χ1) is 8.65. The molecule has 0 unspecified atom stereocenters. The molecule has 1 fully saturated rings. The van der Waals surface area contributed by atoms with E-state index >= 15 is 0 Å². The maximum Gasteiger partial charge on any atom is 0.238 e. The molecule has 1 aliphatic rings. The zero-order valence-corrected chi connectivity index (χ0v) is 11.1. The number of nitrogens with one attached hydrogen (secondary N) is 1. The monoisotopic (exact) mass is 247 g/mol. The van der Waals surface area contributed by atoms with Gasteiger partial charge < -0.3 is 5.32 Å². The molecule has 4 heteroatoms. The molecule has 0 radical (unpaired) electrons. The van der Waals surface area contributed by atoms with Gasteiger partial charge in [0, 0.05) is 6.20 Å². The van der Waals surface area contributed by atoms with E-state index in [1.165, 1.54) is 12.8 Å². The topological polar surface area (TPSA) is 45.2 Å². The first kappa shape index (κ1) is 13.0. The Kier molecular flexibility index (Phi) is 4.31. The Labute approximate surface area is 108 Å². The summed E-state index contributed by atoms with van der Waals surface area (Å²) >= 11 is 0. The SMILES string of the molecule is Cc1ccncc1NC(=O)CN1CCC(C)CC1. The van der Waals surface area contributed by atoms with Crippen LogP contribution in [0, 0.1) is 12.8 Å². The Morgan fingerprint density at radius 1 is 1.50 bits per heavy atom. The van der Waals surface area contributed by atoms with Gasteiger partial charge in [-0.15, -0.1) is 0 Å². The van der Waals surface area contributed by atoms with E-state index in [1.54, 1.807) is 12.4 Å². The fourth-order valence-corrected chi connectivity index (χ4v) is 2.21. The van der Waals surface area contributed by atoms with Gasteiger partial charge in [0.15, 0.2) is 0 Å². The van der Waals surface area contributed by atoms with Gasteiger partial charge in [-0.1, -0.05) is 6.92 Å². The number of piperidine rings is 1. The summed E-state index contributed by atoms with van der Waals surface area (Å²) in [4.78, 5) is 18.2. The summed E-state index contributed by atoms with van der Waals surface area (Å²) in [7, 11) is 0. The predicted molar refractivity (Wildman–Crippen MR) is 72.4 cm³/mol. The van der Waals surface area contributed by atoms with Crippen LogP contribution in [0.15, 0.2) is 18.5 Å². The second kappa shape index (κ2) is 5.96. The third-order valence-electron chi connectivity index (χ3n) is 3.56. The summed E-state index contributed by atoms with van der Waals surface area (Å²) in [5.74, 6) is 0.852. The van der Waals surface area contributed by atoms with Crippen molar-refractivity contribution in [3.05, 3.63) is 24.0 Å². The zero-order valence-electron chi connectivity index (χ0n) is 11.1. The van der Waals surface area contributed by atoms with Crippen LogP contribution >= 0.6 is 0 Å². The van der Waals surface area contributed by atoms with Crippen molar-refractivity contribution in [2.45, 2.75) is 26.7 Å². The van der Waals surface area contributed by atoms with Crippen LogP contribution in [-0.2, 0) is 4.79 Å². The standard InChI is InChI=1S/C14H21N3O/c1-11-4-7-17(8-5-11)10-14(18)16-13-9-15-6-3-12(13)2/h3,6,9,11H,4-5,7-8,10H2,1-2H3,(H,16,18). The average Bonchev–Trinajstić information content (AvgIpc) is 2.35. The first-order valence-electron chi connectivity index (χ1n) is 6.58. The lowest BCUT2D eigenvalue weighted by atomic mass is 9.99. The Bertz CT molecular complexity index is 411. The molecule has 1 aliphatic heterocycles. The van der Waals surface area contributed by atoms with Gasteiger partial charge in [-0.2, -0.15) is 0 Å². The highest BCUT2D eigenvalue weighted by Crippen LogP contribution is 2.16. The van der Waals surface area contributed by atoms with Crippen molar-refractivity contribution in [2.75, 3.05) is 25.0 Å². The van der Waals surface area contributed by atoms with Gasteiger partial charge >= 0.3 is 0 Å². The van der Waals surface area contributed by atoms with E-state index in [4.69, 9.17) is 0 Å². The highest BCUT2D eigenvalue weighted by atomic mass is 16.2. The quantitative estimate of drug-likeness (QED) is 0.889. The Morgan fingerprint density at radius 3 is 2.89 bits per heavy atom. The first-order valence-corrected chi connectivity index (χ1v) is 6.58. The van der Waals surface area contributed by atoms with Crippen molar-refractivity contribution in [1.82, 2.24) is 9.88 Å². The molecule has 2 heterocycles. The second-order valence-electron chi connectivity index (χ2n) is 5.20. The third-order valence-corrected chi connectivity index (χ3v) is 3.56. The summed E-state index contributed by atoms with van der Waals surface area (Å²) < 4.78 is 0. The summed E-state index contributed by atoms with van der Waals surface area (Å²) in [6.45, 7) is 6.79. The summed E-state index contributed by atoms with van der Waals surface area (Å²) in [6, 6.07) is 1.90. The number of amides is 1. The molecule has 1 saturated heterocycles. The van der Waals surface area contributed by atoms with Gasteiger partial charge in [0.05, 0.1) is 18.4 Å². The molecule has 0 aromatic carbocycles. The van der Waals surface area contributed by atoms with Crippen molar-refractivity contribution in [3.8, 4) is 0 Å². The zero-order chi connectivity index (χ0) is 13.0. The minimum absolute atomic E-state index is 0.0562. The Balaban J connectivity index is 1.84. The van der Waals surface area contributed by atoms with Crippen molar-refractivity contribution in [2.24, 2.45) is 5.92 Å². The number of pyridine rings is 1. The van der Waals surface area contributed by atoms with Crippen molar-refractivity contribution in [1.29, 1.82) is 0 Å². The van der Waals surface area contributed by atoms with E-state index in [1.807, 2.05) is 13.0 Å². The smallest absolute Gasteiger partial charge is 0.238 e. The number of carbonyl (C=O) groups is 1. The maximum atomic E-state index is 11.9. The minimum atomic E-state index is 0.0562. The van der Waals surface area contributed by atoms with Gasteiger partial charge in [-0.25, -0.2) is 0 Å². The van der Waals surface area contributed by atoms with E-state index in [9.17, 15) is 4.79 Å². The van der Waals surface area contributed by atoms with Crippen LogP contribution in [0.1, 0.15) is 25.3 Å². The molecule has 1 aromatic rings. The molecule has 18 heavy (non-hydrogen) atoms. The highest BCUT2D eigenvalue weighted by Gasteiger charge is 2.18. The molecule has 2 rings (SSSR count).